The molecular formula is C21H19N3O3S. The number of carbonyl (C=O) groups is 2. The van der Waals surface area contributed by atoms with E-state index in [0.717, 1.165) is 29.7 Å². The third-order valence-electron chi connectivity index (χ3n) is 4.66. The minimum Gasteiger partial charge on any atom is -0.497 e. The second-order valence-electron chi connectivity index (χ2n) is 6.72. The summed E-state index contributed by atoms with van der Waals surface area (Å²) in [7, 11) is 1.60. The third kappa shape index (κ3) is 3.94. The predicted molar refractivity (Wildman–Crippen MR) is 108 cm³/mol. The van der Waals surface area contributed by atoms with Crippen LogP contribution in [0.2, 0.25) is 0 Å². The fourth-order valence-corrected chi connectivity index (χ4v) is 3.70. The van der Waals surface area contributed by atoms with Crippen molar-refractivity contribution in [2.75, 3.05) is 18.6 Å². The molecule has 3 aromatic rings. The molecule has 0 aliphatic heterocycles. The van der Waals surface area contributed by atoms with Crippen LogP contribution >= 0.6 is 11.3 Å². The summed E-state index contributed by atoms with van der Waals surface area (Å²) in [4.78, 5) is 25.7. The second-order valence-corrected chi connectivity index (χ2v) is 7.67. The van der Waals surface area contributed by atoms with E-state index in [1.165, 1.54) is 11.3 Å². The number of ether oxygens (including phenoxy) is 1. The first kappa shape index (κ1) is 18.3. The fraction of sp³-hybridized carbons (Fsp3) is 0.238. The van der Waals surface area contributed by atoms with E-state index in [9.17, 15) is 9.59 Å². The van der Waals surface area contributed by atoms with E-state index in [1.54, 1.807) is 48.4 Å². The molecule has 1 aliphatic carbocycles. The van der Waals surface area contributed by atoms with Gasteiger partial charge in [-0.05, 0) is 43.0 Å². The SMILES string of the molecule is COc1ccc(C(=O)N(CC2CC2)c2nnc(-c3ccc(C=O)cc3)s2)cc1. The number of nitrogens with zero attached hydrogens (tertiary/aromatic N) is 3. The van der Waals surface area contributed by atoms with Crippen molar-refractivity contribution in [2.24, 2.45) is 5.92 Å². The van der Waals surface area contributed by atoms with Gasteiger partial charge in [-0.1, -0.05) is 35.6 Å². The maximum atomic E-state index is 13.1. The zero-order valence-corrected chi connectivity index (χ0v) is 16.2. The summed E-state index contributed by atoms with van der Waals surface area (Å²) in [5.74, 6) is 1.14. The molecule has 0 atom stereocenters. The monoisotopic (exact) mass is 393 g/mol. The molecule has 28 heavy (non-hydrogen) atoms. The molecule has 1 fully saturated rings. The number of aldehydes is 1. The van der Waals surface area contributed by atoms with Gasteiger partial charge in [0.05, 0.1) is 7.11 Å². The summed E-state index contributed by atoms with van der Waals surface area (Å²) in [5.41, 5.74) is 2.07. The molecule has 1 aromatic heterocycles. The van der Waals surface area contributed by atoms with Crippen molar-refractivity contribution in [3.8, 4) is 16.3 Å². The van der Waals surface area contributed by atoms with E-state index < -0.39 is 0 Å². The van der Waals surface area contributed by atoms with Gasteiger partial charge < -0.3 is 4.74 Å². The van der Waals surface area contributed by atoms with Crippen LogP contribution < -0.4 is 9.64 Å². The van der Waals surface area contributed by atoms with Crippen LogP contribution in [0.5, 0.6) is 5.75 Å². The number of aromatic nitrogens is 2. The van der Waals surface area contributed by atoms with Gasteiger partial charge in [0.2, 0.25) is 5.13 Å². The Bertz CT molecular complexity index is 979. The van der Waals surface area contributed by atoms with Crippen LogP contribution in [-0.2, 0) is 0 Å². The molecule has 1 saturated carbocycles. The first-order valence-corrected chi connectivity index (χ1v) is 9.84. The molecule has 1 amide bonds. The zero-order chi connectivity index (χ0) is 19.5. The van der Waals surface area contributed by atoms with Crippen molar-refractivity contribution >= 4 is 28.7 Å². The van der Waals surface area contributed by atoms with Gasteiger partial charge in [0, 0.05) is 23.2 Å². The number of methoxy groups -OCH3 is 1. The highest BCUT2D eigenvalue weighted by Gasteiger charge is 2.30. The highest BCUT2D eigenvalue weighted by atomic mass is 32.1. The molecule has 0 unspecified atom stereocenters. The van der Waals surface area contributed by atoms with E-state index in [0.29, 0.717) is 34.5 Å². The Morgan fingerprint density at radius 1 is 1.14 bits per heavy atom. The van der Waals surface area contributed by atoms with Crippen molar-refractivity contribution in [3.63, 3.8) is 0 Å². The molecule has 0 N–H and O–H groups in total. The number of amides is 1. The molecule has 0 spiro atoms. The molecular weight excluding hydrogens is 374 g/mol. The van der Waals surface area contributed by atoms with E-state index in [2.05, 4.69) is 10.2 Å². The van der Waals surface area contributed by atoms with Crippen LogP contribution in [0.15, 0.2) is 48.5 Å². The average molecular weight is 393 g/mol. The Morgan fingerprint density at radius 2 is 1.86 bits per heavy atom. The molecule has 142 valence electrons. The number of carbonyl (C=O) groups excluding carboxylic acids is 2. The van der Waals surface area contributed by atoms with Gasteiger partial charge in [-0.2, -0.15) is 0 Å². The maximum Gasteiger partial charge on any atom is 0.260 e. The van der Waals surface area contributed by atoms with Crippen molar-refractivity contribution in [3.05, 3.63) is 59.7 Å². The summed E-state index contributed by atoms with van der Waals surface area (Å²) in [5, 5.41) is 9.84. The van der Waals surface area contributed by atoms with Crippen molar-refractivity contribution in [1.82, 2.24) is 10.2 Å². The Balaban J connectivity index is 1.60. The van der Waals surface area contributed by atoms with E-state index in [1.807, 2.05) is 12.1 Å². The highest BCUT2D eigenvalue weighted by Crippen LogP contribution is 2.35. The minimum atomic E-state index is -0.0893. The summed E-state index contributed by atoms with van der Waals surface area (Å²) in [6.45, 7) is 0.642. The molecule has 1 aliphatic rings. The quantitative estimate of drug-likeness (QED) is 0.566. The number of anilines is 1. The van der Waals surface area contributed by atoms with Gasteiger partial charge in [0.15, 0.2) is 0 Å². The molecule has 4 rings (SSSR count). The van der Waals surface area contributed by atoms with Crippen LogP contribution in [0, 0.1) is 5.92 Å². The summed E-state index contributed by atoms with van der Waals surface area (Å²) < 4.78 is 5.17. The normalized spacial score (nSPS) is 13.2. The second kappa shape index (κ2) is 7.90. The van der Waals surface area contributed by atoms with Crippen LogP contribution in [-0.4, -0.2) is 36.0 Å². The van der Waals surface area contributed by atoms with Crippen LogP contribution in [0.3, 0.4) is 0 Å². The summed E-state index contributed by atoms with van der Waals surface area (Å²) >= 11 is 1.38. The molecule has 0 radical (unpaired) electrons. The lowest BCUT2D eigenvalue weighted by atomic mass is 10.2. The Labute approximate surface area is 166 Å². The van der Waals surface area contributed by atoms with Crippen LogP contribution in [0.25, 0.3) is 10.6 Å². The molecule has 0 bridgehead atoms. The Morgan fingerprint density at radius 3 is 2.46 bits per heavy atom. The van der Waals surface area contributed by atoms with Crippen LogP contribution in [0.4, 0.5) is 5.13 Å². The zero-order valence-electron chi connectivity index (χ0n) is 15.4. The largest absolute Gasteiger partial charge is 0.497 e. The minimum absolute atomic E-state index is 0.0893. The van der Waals surface area contributed by atoms with Gasteiger partial charge in [-0.3, -0.25) is 14.5 Å². The first-order valence-electron chi connectivity index (χ1n) is 9.03. The van der Waals surface area contributed by atoms with Crippen molar-refractivity contribution < 1.29 is 14.3 Å². The molecule has 7 heteroatoms. The number of hydrogen-bond acceptors (Lipinski definition) is 6. The topological polar surface area (TPSA) is 72.4 Å². The van der Waals surface area contributed by atoms with Gasteiger partial charge >= 0.3 is 0 Å². The molecule has 6 nitrogen and oxygen atoms in total. The van der Waals surface area contributed by atoms with E-state index in [4.69, 9.17) is 4.74 Å². The van der Waals surface area contributed by atoms with Gasteiger partial charge in [-0.15, -0.1) is 10.2 Å². The standard InChI is InChI=1S/C21H19N3O3S/c1-27-18-10-8-17(9-11-18)20(26)24(12-14-2-3-14)21-23-22-19(28-21)16-6-4-15(13-25)5-7-16/h4-11,13-14H,2-3,12H2,1H3. The lowest BCUT2D eigenvalue weighted by Crippen LogP contribution is -2.32. The Kier molecular flexibility index (Phi) is 5.16. The Hall–Kier alpha value is -3.06. The molecule has 0 saturated heterocycles. The number of hydrogen-bond donors (Lipinski definition) is 0. The van der Waals surface area contributed by atoms with Gasteiger partial charge in [-0.25, -0.2) is 0 Å². The number of rotatable bonds is 7. The fourth-order valence-electron chi connectivity index (χ4n) is 2.84. The lowest BCUT2D eigenvalue weighted by Gasteiger charge is -2.19. The molecule has 2 aromatic carbocycles. The first-order chi connectivity index (χ1) is 13.7. The smallest absolute Gasteiger partial charge is 0.260 e. The lowest BCUT2D eigenvalue weighted by molar-refractivity contribution is 0.0985. The third-order valence-corrected chi connectivity index (χ3v) is 5.65. The highest BCUT2D eigenvalue weighted by molar-refractivity contribution is 7.18. The van der Waals surface area contributed by atoms with Gasteiger partial charge in [0.25, 0.3) is 5.91 Å². The van der Waals surface area contributed by atoms with E-state index >= 15 is 0 Å². The maximum absolute atomic E-state index is 13.1. The number of benzene rings is 2. The van der Waals surface area contributed by atoms with E-state index in [-0.39, 0.29) is 5.91 Å². The summed E-state index contributed by atoms with van der Waals surface area (Å²) in [6, 6.07) is 14.3. The summed E-state index contributed by atoms with van der Waals surface area (Å²) in [6.07, 6.45) is 3.07. The van der Waals surface area contributed by atoms with Crippen LogP contribution in [0.1, 0.15) is 33.6 Å². The predicted octanol–water partition coefficient (Wildman–Crippen LogP) is 4.08. The van der Waals surface area contributed by atoms with Crippen molar-refractivity contribution in [2.45, 2.75) is 12.8 Å². The van der Waals surface area contributed by atoms with Crippen molar-refractivity contribution in [1.29, 1.82) is 0 Å². The average Bonchev–Trinajstić information content (AvgIpc) is 3.45. The van der Waals surface area contributed by atoms with Gasteiger partial charge in [0.1, 0.15) is 17.0 Å². The molecule has 1 heterocycles.